The minimum atomic E-state index is 0.412. The van der Waals surface area contributed by atoms with Gasteiger partial charge in [0.1, 0.15) is 0 Å². The maximum Gasteiger partial charge on any atom is -0.000000750 e. The summed E-state index contributed by atoms with van der Waals surface area (Å²) in [4.78, 5) is 0. The summed E-state index contributed by atoms with van der Waals surface area (Å²) in [7, 11) is 0. The SMILES string of the molecule is CCC(CNCC(C)(C)C)C(C)C. The Labute approximate surface area is 84.3 Å². The Balaban J connectivity index is 3.62. The largest absolute Gasteiger partial charge is 0.316 e. The molecule has 0 bridgehead atoms. The lowest BCUT2D eigenvalue weighted by atomic mass is 9.92. The summed E-state index contributed by atoms with van der Waals surface area (Å²) in [6.45, 7) is 16.0. The van der Waals surface area contributed by atoms with Crippen LogP contribution in [0.15, 0.2) is 0 Å². The number of hydrogen-bond acceptors (Lipinski definition) is 1. The van der Waals surface area contributed by atoms with E-state index >= 15 is 0 Å². The molecule has 1 unspecified atom stereocenters. The second kappa shape index (κ2) is 5.64. The normalized spacial score (nSPS) is 15.0. The molecule has 13 heavy (non-hydrogen) atoms. The van der Waals surface area contributed by atoms with Crippen LogP contribution in [-0.2, 0) is 0 Å². The molecule has 0 amide bonds. The Morgan fingerprint density at radius 2 is 1.69 bits per heavy atom. The van der Waals surface area contributed by atoms with Crippen LogP contribution in [0.5, 0.6) is 0 Å². The van der Waals surface area contributed by atoms with Crippen LogP contribution in [-0.4, -0.2) is 13.1 Å². The van der Waals surface area contributed by atoms with E-state index < -0.39 is 0 Å². The summed E-state index contributed by atoms with van der Waals surface area (Å²) < 4.78 is 0. The first-order chi connectivity index (χ1) is 5.87. The van der Waals surface area contributed by atoms with Gasteiger partial charge in [0, 0.05) is 0 Å². The lowest BCUT2D eigenvalue weighted by molar-refractivity contribution is 0.314. The molecule has 0 spiro atoms. The standard InChI is InChI=1S/C12H27N/c1-7-11(10(2)3)8-13-9-12(4,5)6/h10-11,13H,7-9H2,1-6H3. The van der Waals surface area contributed by atoms with Crippen molar-refractivity contribution in [3.8, 4) is 0 Å². The van der Waals surface area contributed by atoms with Gasteiger partial charge in [-0.1, -0.05) is 48.0 Å². The van der Waals surface area contributed by atoms with Crippen LogP contribution in [0.1, 0.15) is 48.0 Å². The van der Waals surface area contributed by atoms with E-state index in [1.54, 1.807) is 0 Å². The fourth-order valence-corrected chi connectivity index (χ4v) is 1.48. The van der Waals surface area contributed by atoms with Crippen LogP contribution in [0.3, 0.4) is 0 Å². The van der Waals surface area contributed by atoms with Gasteiger partial charge in [0.05, 0.1) is 0 Å². The molecule has 80 valence electrons. The molecule has 0 aliphatic rings. The third-order valence-corrected chi connectivity index (χ3v) is 2.53. The molecule has 1 nitrogen and oxygen atoms in total. The number of hydrogen-bond donors (Lipinski definition) is 1. The quantitative estimate of drug-likeness (QED) is 0.693. The monoisotopic (exact) mass is 185 g/mol. The second-order valence-corrected chi connectivity index (χ2v) is 5.60. The summed E-state index contributed by atoms with van der Waals surface area (Å²) in [5.74, 6) is 1.64. The molecule has 0 saturated carbocycles. The van der Waals surface area contributed by atoms with E-state index in [0.29, 0.717) is 5.41 Å². The molecule has 0 aliphatic carbocycles. The molecule has 0 heterocycles. The molecular weight excluding hydrogens is 158 g/mol. The zero-order valence-electron chi connectivity index (χ0n) is 10.3. The maximum absolute atomic E-state index is 3.56. The predicted molar refractivity (Wildman–Crippen MR) is 60.9 cm³/mol. The molecule has 0 saturated heterocycles. The van der Waals surface area contributed by atoms with E-state index in [0.717, 1.165) is 18.4 Å². The Bertz CT molecular complexity index is 122. The van der Waals surface area contributed by atoms with Crippen LogP contribution in [0.2, 0.25) is 0 Å². The van der Waals surface area contributed by atoms with Crippen LogP contribution < -0.4 is 5.32 Å². The molecule has 0 radical (unpaired) electrons. The second-order valence-electron chi connectivity index (χ2n) is 5.60. The number of rotatable bonds is 5. The van der Waals surface area contributed by atoms with Crippen molar-refractivity contribution in [3.05, 3.63) is 0 Å². The highest BCUT2D eigenvalue weighted by Crippen LogP contribution is 2.15. The van der Waals surface area contributed by atoms with Gasteiger partial charge in [-0.15, -0.1) is 0 Å². The van der Waals surface area contributed by atoms with Crippen molar-refractivity contribution in [3.63, 3.8) is 0 Å². The zero-order valence-corrected chi connectivity index (χ0v) is 10.3. The van der Waals surface area contributed by atoms with Crippen molar-refractivity contribution in [2.75, 3.05) is 13.1 Å². The average Bonchev–Trinajstić information content (AvgIpc) is 1.95. The first kappa shape index (κ1) is 13.0. The van der Waals surface area contributed by atoms with Crippen molar-refractivity contribution in [1.82, 2.24) is 5.32 Å². The van der Waals surface area contributed by atoms with Crippen LogP contribution in [0.25, 0.3) is 0 Å². The van der Waals surface area contributed by atoms with Gasteiger partial charge in [-0.25, -0.2) is 0 Å². The third-order valence-electron chi connectivity index (χ3n) is 2.53. The van der Waals surface area contributed by atoms with Crippen LogP contribution in [0.4, 0.5) is 0 Å². The first-order valence-electron chi connectivity index (χ1n) is 5.57. The Morgan fingerprint density at radius 1 is 1.15 bits per heavy atom. The molecular formula is C12H27N. The summed E-state index contributed by atoms with van der Waals surface area (Å²) >= 11 is 0. The minimum absolute atomic E-state index is 0.412. The maximum atomic E-state index is 3.56. The topological polar surface area (TPSA) is 12.0 Å². The van der Waals surface area contributed by atoms with Crippen molar-refractivity contribution in [2.45, 2.75) is 48.0 Å². The van der Waals surface area contributed by atoms with E-state index in [1.165, 1.54) is 13.0 Å². The highest BCUT2D eigenvalue weighted by molar-refractivity contribution is 4.69. The first-order valence-corrected chi connectivity index (χ1v) is 5.57. The van der Waals surface area contributed by atoms with Crippen molar-refractivity contribution >= 4 is 0 Å². The van der Waals surface area contributed by atoms with Gasteiger partial charge in [0.2, 0.25) is 0 Å². The third kappa shape index (κ3) is 7.06. The zero-order chi connectivity index (χ0) is 10.5. The molecule has 0 aliphatic heterocycles. The van der Waals surface area contributed by atoms with E-state index in [9.17, 15) is 0 Å². The minimum Gasteiger partial charge on any atom is -0.316 e. The van der Waals surface area contributed by atoms with Crippen molar-refractivity contribution in [2.24, 2.45) is 17.3 Å². The fraction of sp³-hybridized carbons (Fsp3) is 1.00. The van der Waals surface area contributed by atoms with Gasteiger partial charge in [0.15, 0.2) is 0 Å². The summed E-state index contributed by atoms with van der Waals surface area (Å²) in [6, 6.07) is 0. The van der Waals surface area contributed by atoms with E-state index in [1.807, 2.05) is 0 Å². The van der Waals surface area contributed by atoms with E-state index in [4.69, 9.17) is 0 Å². The van der Waals surface area contributed by atoms with Crippen LogP contribution in [0, 0.1) is 17.3 Å². The smallest absolute Gasteiger partial charge is 0.000000750 e. The summed E-state index contributed by atoms with van der Waals surface area (Å²) in [6.07, 6.45) is 1.29. The van der Waals surface area contributed by atoms with E-state index in [-0.39, 0.29) is 0 Å². The fourth-order valence-electron chi connectivity index (χ4n) is 1.48. The highest BCUT2D eigenvalue weighted by atomic mass is 14.9. The van der Waals surface area contributed by atoms with Gasteiger partial charge in [0.25, 0.3) is 0 Å². The molecule has 0 aromatic rings. The lowest BCUT2D eigenvalue weighted by Crippen LogP contribution is -2.32. The molecule has 1 heteroatoms. The van der Waals surface area contributed by atoms with Crippen molar-refractivity contribution < 1.29 is 0 Å². The Hall–Kier alpha value is -0.0400. The molecule has 1 atom stereocenters. The molecule has 0 aromatic heterocycles. The molecule has 0 rings (SSSR count). The van der Waals surface area contributed by atoms with Gasteiger partial charge in [-0.3, -0.25) is 0 Å². The average molecular weight is 185 g/mol. The van der Waals surface area contributed by atoms with Crippen molar-refractivity contribution in [1.29, 1.82) is 0 Å². The van der Waals surface area contributed by atoms with Gasteiger partial charge < -0.3 is 5.32 Å². The Kier molecular flexibility index (Phi) is 5.62. The number of nitrogens with one attached hydrogen (secondary N) is 1. The van der Waals surface area contributed by atoms with Gasteiger partial charge in [-0.2, -0.15) is 0 Å². The summed E-state index contributed by atoms with van der Waals surface area (Å²) in [5.41, 5.74) is 0.412. The molecule has 0 fully saturated rings. The summed E-state index contributed by atoms with van der Waals surface area (Å²) in [5, 5.41) is 3.56. The van der Waals surface area contributed by atoms with E-state index in [2.05, 4.69) is 46.9 Å². The van der Waals surface area contributed by atoms with Gasteiger partial charge in [-0.05, 0) is 30.3 Å². The predicted octanol–water partition coefficient (Wildman–Crippen LogP) is 3.30. The molecule has 1 N–H and O–H groups in total. The lowest BCUT2D eigenvalue weighted by Gasteiger charge is -2.23. The van der Waals surface area contributed by atoms with Gasteiger partial charge >= 0.3 is 0 Å². The van der Waals surface area contributed by atoms with Crippen LogP contribution >= 0.6 is 0 Å². The Morgan fingerprint density at radius 3 is 2.00 bits per heavy atom. The highest BCUT2D eigenvalue weighted by Gasteiger charge is 2.13. The molecule has 0 aromatic carbocycles.